The zero-order valence-electron chi connectivity index (χ0n) is 15.2. The first-order valence-electron chi connectivity index (χ1n) is 9.28. The molecule has 1 N–H and O–H groups in total. The van der Waals surface area contributed by atoms with E-state index < -0.39 is 0 Å². The molecular formula is C19H27N5S. The summed E-state index contributed by atoms with van der Waals surface area (Å²) in [6, 6.07) is 8.13. The Morgan fingerprint density at radius 3 is 2.52 bits per heavy atom. The fourth-order valence-corrected chi connectivity index (χ4v) is 3.72. The third-order valence-electron chi connectivity index (χ3n) is 4.40. The number of H-pyrrole nitrogens is 1. The lowest BCUT2D eigenvalue weighted by Gasteiger charge is -2.21. The lowest BCUT2D eigenvalue weighted by Crippen LogP contribution is -2.28. The van der Waals surface area contributed by atoms with Crippen LogP contribution in [0.15, 0.2) is 29.4 Å². The molecular weight excluding hydrogens is 330 g/mol. The number of nitrogens with zero attached hydrogens (tertiary/aromatic N) is 4. The maximum atomic E-state index is 4.65. The van der Waals surface area contributed by atoms with Gasteiger partial charge in [-0.2, -0.15) is 0 Å². The van der Waals surface area contributed by atoms with Gasteiger partial charge in [-0.1, -0.05) is 56.7 Å². The fraction of sp³-hybridized carbons (Fsp3) is 0.526. The van der Waals surface area contributed by atoms with Crippen molar-refractivity contribution >= 4 is 33.8 Å². The molecule has 0 amide bonds. The summed E-state index contributed by atoms with van der Waals surface area (Å²) in [5, 5.41) is 10.5. The Hall–Kier alpha value is -1.66. The largest absolute Gasteiger partial charge is 0.338 e. The first kappa shape index (κ1) is 18.1. The third-order valence-corrected chi connectivity index (χ3v) is 5.21. The van der Waals surface area contributed by atoms with E-state index in [4.69, 9.17) is 0 Å². The van der Waals surface area contributed by atoms with Crippen LogP contribution in [-0.4, -0.2) is 50.5 Å². The van der Waals surface area contributed by atoms with Gasteiger partial charge < -0.3 is 9.88 Å². The molecule has 25 heavy (non-hydrogen) atoms. The van der Waals surface area contributed by atoms with Crippen LogP contribution in [0.2, 0.25) is 0 Å². The van der Waals surface area contributed by atoms with Crippen LogP contribution in [0.25, 0.3) is 22.1 Å². The average Bonchev–Trinajstić information content (AvgIpc) is 3.01. The Kier molecular flexibility index (Phi) is 6.64. The first-order chi connectivity index (χ1) is 12.3. The minimum Gasteiger partial charge on any atom is -0.338 e. The second-order valence-electron chi connectivity index (χ2n) is 6.36. The van der Waals surface area contributed by atoms with E-state index in [9.17, 15) is 0 Å². The number of hydrogen-bond donors (Lipinski definition) is 1. The lowest BCUT2D eigenvalue weighted by molar-refractivity contribution is 0.281. The molecule has 2 aromatic heterocycles. The molecule has 0 bridgehead atoms. The van der Waals surface area contributed by atoms with Crippen LogP contribution in [0, 0.1) is 0 Å². The molecule has 0 aliphatic rings. The topological polar surface area (TPSA) is 57.7 Å². The summed E-state index contributed by atoms with van der Waals surface area (Å²) in [4.78, 5) is 10.5. The Morgan fingerprint density at radius 1 is 1.00 bits per heavy atom. The average molecular weight is 358 g/mol. The van der Waals surface area contributed by atoms with Gasteiger partial charge in [0.1, 0.15) is 5.52 Å². The van der Waals surface area contributed by atoms with E-state index in [-0.39, 0.29) is 0 Å². The quantitative estimate of drug-likeness (QED) is 0.541. The smallest absolute Gasteiger partial charge is 0.211 e. The molecule has 5 nitrogen and oxygen atoms in total. The molecule has 3 rings (SSSR count). The monoisotopic (exact) mass is 357 g/mol. The number of thioether (sulfide) groups is 1. The Labute approximate surface area is 153 Å². The number of aromatic amines is 1. The molecule has 0 aliphatic heterocycles. The van der Waals surface area contributed by atoms with Crippen molar-refractivity contribution < 1.29 is 0 Å². The summed E-state index contributed by atoms with van der Waals surface area (Å²) in [7, 11) is 0. The van der Waals surface area contributed by atoms with Gasteiger partial charge in [0, 0.05) is 23.2 Å². The first-order valence-corrected chi connectivity index (χ1v) is 10.3. The van der Waals surface area contributed by atoms with Crippen molar-refractivity contribution in [3.63, 3.8) is 0 Å². The van der Waals surface area contributed by atoms with Crippen LogP contribution >= 0.6 is 11.8 Å². The summed E-state index contributed by atoms with van der Waals surface area (Å²) < 4.78 is 0. The molecule has 2 heterocycles. The highest BCUT2D eigenvalue weighted by atomic mass is 32.2. The van der Waals surface area contributed by atoms with E-state index in [1.54, 1.807) is 11.8 Å². The minimum absolute atomic E-state index is 0.755. The Morgan fingerprint density at radius 2 is 1.76 bits per heavy atom. The minimum atomic E-state index is 0.755. The van der Waals surface area contributed by atoms with Crippen molar-refractivity contribution in [2.24, 2.45) is 0 Å². The number of para-hydroxylation sites is 1. The zero-order chi connectivity index (χ0) is 17.5. The van der Waals surface area contributed by atoms with Crippen LogP contribution in [-0.2, 0) is 0 Å². The predicted molar refractivity (Wildman–Crippen MR) is 106 cm³/mol. The molecule has 3 aromatic rings. The van der Waals surface area contributed by atoms with E-state index in [2.05, 4.69) is 45.0 Å². The van der Waals surface area contributed by atoms with Crippen LogP contribution in [0.4, 0.5) is 0 Å². The molecule has 1 aromatic carbocycles. The van der Waals surface area contributed by atoms with Crippen molar-refractivity contribution in [2.45, 2.75) is 44.7 Å². The highest BCUT2D eigenvalue weighted by molar-refractivity contribution is 7.99. The van der Waals surface area contributed by atoms with E-state index in [1.807, 2.05) is 18.2 Å². The number of nitrogens with one attached hydrogen (secondary N) is 1. The van der Waals surface area contributed by atoms with Crippen LogP contribution in [0.1, 0.15) is 39.5 Å². The summed E-state index contributed by atoms with van der Waals surface area (Å²) in [6.07, 6.45) is 5.04. The maximum absolute atomic E-state index is 4.65. The third kappa shape index (κ3) is 4.70. The lowest BCUT2D eigenvalue weighted by atomic mass is 10.2. The van der Waals surface area contributed by atoms with Gasteiger partial charge in [0.2, 0.25) is 5.16 Å². The van der Waals surface area contributed by atoms with Crippen molar-refractivity contribution in [1.82, 2.24) is 25.1 Å². The molecule has 0 aliphatic carbocycles. The highest BCUT2D eigenvalue weighted by Gasteiger charge is 2.10. The van der Waals surface area contributed by atoms with E-state index in [0.717, 1.165) is 39.5 Å². The van der Waals surface area contributed by atoms with Gasteiger partial charge in [0.05, 0.1) is 0 Å². The van der Waals surface area contributed by atoms with Gasteiger partial charge in [0.15, 0.2) is 5.65 Å². The molecule has 0 saturated heterocycles. The fourth-order valence-electron chi connectivity index (χ4n) is 2.93. The Bertz CT molecular complexity index is 793. The predicted octanol–water partition coefficient (Wildman–Crippen LogP) is 4.50. The van der Waals surface area contributed by atoms with Gasteiger partial charge >= 0.3 is 0 Å². The molecule has 0 radical (unpaired) electrons. The molecule has 0 fully saturated rings. The van der Waals surface area contributed by atoms with Gasteiger partial charge in [0.25, 0.3) is 0 Å². The summed E-state index contributed by atoms with van der Waals surface area (Å²) >= 11 is 1.69. The number of rotatable bonds is 10. The summed E-state index contributed by atoms with van der Waals surface area (Å²) in [5.74, 6) is 1.00. The van der Waals surface area contributed by atoms with Crippen LogP contribution in [0.3, 0.4) is 0 Å². The molecule has 134 valence electrons. The molecule has 0 saturated carbocycles. The molecule has 0 spiro atoms. The van der Waals surface area contributed by atoms with Gasteiger partial charge in [-0.15, -0.1) is 10.2 Å². The van der Waals surface area contributed by atoms with Crippen molar-refractivity contribution in [3.05, 3.63) is 24.3 Å². The normalized spacial score (nSPS) is 11.8. The molecule has 0 unspecified atom stereocenters. The van der Waals surface area contributed by atoms with E-state index in [1.165, 1.54) is 38.8 Å². The number of benzene rings is 1. The summed E-state index contributed by atoms with van der Waals surface area (Å²) in [6.45, 7) is 7.97. The van der Waals surface area contributed by atoms with Crippen LogP contribution < -0.4 is 0 Å². The van der Waals surface area contributed by atoms with Gasteiger partial charge in [-0.05, 0) is 32.0 Å². The number of fused-ring (bicyclic) bond motifs is 3. The Balaban J connectivity index is 1.61. The zero-order valence-corrected chi connectivity index (χ0v) is 16.0. The van der Waals surface area contributed by atoms with Crippen molar-refractivity contribution in [3.8, 4) is 0 Å². The van der Waals surface area contributed by atoms with E-state index >= 15 is 0 Å². The van der Waals surface area contributed by atoms with Gasteiger partial charge in [-0.25, -0.2) is 4.98 Å². The van der Waals surface area contributed by atoms with Crippen molar-refractivity contribution in [1.29, 1.82) is 0 Å². The maximum Gasteiger partial charge on any atom is 0.211 e. The summed E-state index contributed by atoms with van der Waals surface area (Å²) in [5.41, 5.74) is 2.74. The number of hydrogen-bond acceptors (Lipinski definition) is 5. The number of aromatic nitrogens is 4. The second-order valence-corrected chi connectivity index (χ2v) is 7.42. The second kappa shape index (κ2) is 9.15. The van der Waals surface area contributed by atoms with E-state index in [0.29, 0.717) is 0 Å². The van der Waals surface area contributed by atoms with Crippen LogP contribution in [0.5, 0.6) is 0 Å². The molecule has 6 heteroatoms. The van der Waals surface area contributed by atoms with Gasteiger partial charge in [-0.3, -0.25) is 0 Å². The standard InChI is InChI=1S/C19H27N5S/c1-3-5-11-24(12-6-4-2)13-14-25-19-21-18-17(22-23-19)15-9-7-8-10-16(15)20-18/h7-10H,3-6,11-14H2,1-2H3,(H,20,21,23). The highest BCUT2D eigenvalue weighted by Crippen LogP contribution is 2.23. The van der Waals surface area contributed by atoms with Crippen molar-refractivity contribution in [2.75, 3.05) is 25.4 Å². The SMILES string of the molecule is CCCCN(CCCC)CCSc1nnc2c(n1)[nH]c1ccccc12. The molecule has 0 atom stereocenters. The number of unbranched alkanes of at least 4 members (excludes halogenated alkanes) is 2.